The van der Waals surface area contributed by atoms with Gasteiger partial charge in [-0.05, 0) is 20.6 Å². The Balaban J connectivity index is 1.95. The molecule has 0 aliphatic heterocycles. The van der Waals surface area contributed by atoms with Crippen LogP contribution < -0.4 is 16.5 Å². The molecular formula is C11H10N10O4. The van der Waals surface area contributed by atoms with Crippen LogP contribution >= 0.6 is 0 Å². The van der Waals surface area contributed by atoms with Gasteiger partial charge >= 0.3 is 0 Å². The molecule has 0 radical (unpaired) electrons. The van der Waals surface area contributed by atoms with Crippen LogP contribution in [0.2, 0.25) is 0 Å². The van der Waals surface area contributed by atoms with Crippen molar-refractivity contribution in [2.24, 2.45) is 10.3 Å². The molecule has 3 rings (SSSR count). The van der Waals surface area contributed by atoms with Gasteiger partial charge in [-0.15, -0.1) is 5.11 Å². The maximum absolute atomic E-state index is 11.2. The summed E-state index contributed by atoms with van der Waals surface area (Å²) in [6, 6.07) is 6.09. The highest BCUT2D eigenvalue weighted by atomic mass is 16.6. The fourth-order valence-electron chi connectivity index (χ4n) is 1.86. The summed E-state index contributed by atoms with van der Waals surface area (Å²) in [6.07, 6.45) is 0. The molecule has 128 valence electrons. The third-order valence-corrected chi connectivity index (χ3v) is 2.99. The van der Waals surface area contributed by atoms with E-state index >= 15 is 0 Å². The lowest BCUT2D eigenvalue weighted by molar-refractivity contribution is -0.385. The van der Waals surface area contributed by atoms with Crippen LogP contribution in [0.4, 0.5) is 29.0 Å². The first-order valence-electron chi connectivity index (χ1n) is 6.64. The van der Waals surface area contributed by atoms with Crippen LogP contribution in [0.1, 0.15) is 5.56 Å². The first kappa shape index (κ1) is 15.8. The van der Waals surface area contributed by atoms with Crippen LogP contribution in [-0.2, 0) is 6.54 Å². The first-order chi connectivity index (χ1) is 12.1. The molecule has 0 atom stereocenters. The summed E-state index contributed by atoms with van der Waals surface area (Å²) in [4.78, 5) is 10.6. The number of hydrogen-bond acceptors (Lipinski definition) is 12. The number of rotatable bonds is 6. The average molecular weight is 346 g/mol. The van der Waals surface area contributed by atoms with Crippen molar-refractivity contribution in [3.8, 4) is 0 Å². The van der Waals surface area contributed by atoms with Gasteiger partial charge < -0.3 is 11.5 Å². The van der Waals surface area contributed by atoms with Gasteiger partial charge in [0.1, 0.15) is 0 Å². The summed E-state index contributed by atoms with van der Waals surface area (Å²) in [7, 11) is 0. The van der Waals surface area contributed by atoms with Gasteiger partial charge in [-0.2, -0.15) is 0 Å². The lowest BCUT2D eigenvalue weighted by Crippen LogP contribution is -2.17. The van der Waals surface area contributed by atoms with Crippen molar-refractivity contribution in [1.29, 1.82) is 0 Å². The largest absolute Gasteiger partial charge is 0.378 e. The first-order valence-corrected chi connectivity index (χ1v) is 6.64. The number of aromatic nitrogens is 4. The Morgan fingerprint density at radius 1 is 1.12 bits per heavy atom. The molecule has 14 nitrogen and oxygen atoms in total. The molecular weight excluding hydrogens is 336 g/mol. The molecule has 4 N–H and O–H groups in total. The number of para-hydroxylation sites is 1. The fourth-order valence-corrected chi connectivity index (χ4v) is 1.86. The van der Waals surface area contributed by atoms with Crippen LogP contribution in [-0.4, -0.2) is 25.5 Å². The number of nitrogens with two attached hydrogens (primary N) is 2. The molecule has 0 bridgehead atoms. The second kappa shape index (κ2) is 6.57. The quantitative estimate of drug-likeness (QED) is 0.369. The standard InChI is InChI=1S/C11H10N10O4/c12-8-10(17-24-15-8)14-19-20(11-9(13)16-25-18-11)5-6-3-1-2-4-7(6)21(22)23/h1-4H,5H2,(H2,12,15)(H2,13,16). The summed E-state index contributed by atoms with van der Waals surface area (Å²) in [6.45, 7) is -0.0930. The number of anilines is 3. The molecule has 2 aromatic heterocycles. The molecule has 0 unspecified atom stereocenters. The highest BCUT2D eigenvalue weighted by Gasteiger charge is 2.21. The predicted molar refractivity (Wildman–Crippen MR) is 81.2 cm³/mol. The Bertz CT molecular complexity index is 919. The van der Waals surface area contributed by atoms with Gasteiger partial charge in [-0.3, -0.25) is 10.1 Å². The predicted octanol–water partition coefficient (Wildman–Crippen LogP) is 1.23. The van der Waals surface area contributed by atoms with Gasteiger partial charge in [0.05, 0.1) is 17.0 Å². The van der Waals surface area contributed by atoms with Gasteiger partial charge in [0.25, 0.3) is 11.5 Å². The smallest absolute Gasteiger partial charge is 0.274 e. The monoisotopic (exact) mass is 346 g/mol. The van der Waals surface area contributed by atoms with Gasteiger partial charge in [-0.25, -0.2) is 14.3 Å². The number of nitro groups is 1. The molecule has 14 heteroatoms. The number of nitrogens with zero attached hydrogens (tertiary/aromatic N) is 8. The van der Waals surface area contributed by atoms with Crippen LogP contribution in [0.25, 0.3) is 0 Å². The second-order valence-corrected chi connectivity index (χ2v) is 4.58. The maximum Gasteiger partial charge on any atom is 0.274 e. The molecule has 0 saturated carbocycles. The van der Waals surface area contributed by atoms with Crippen molar-refractivity contribution < 1.29 is 14.2 Å². The lowest BCUT2D eigenvalue weighted by Gasteiger charge is -2.14. The van der Waals surface area contributed by atoms with E-state index in [1.54, 1.807) is 18.2 Å². The Morgan fingerprint density at radius 2 is 1.84 bits per heavy atom. The summed E-state index contributed by atoms with van der Waals surface area (Å²) in [5.74, 6) is -0.232. The zero-order valence-corrected chi connectivity index (χ0v) is 12.4. The number of nitro benzene ring substituents is 1. The lowest BCUT2D eigenvalue weighted by atomic mass is 10.2. The molecule has 3 aromatic rings. The number of hydrogen-bond donors (Lipinski definition) is 2. The summed E-state index contributed by atoms with van der Waals surface area (Å²) >= 11 is 0. The van der Waals surface area contributed by atoms with Gasteiger partial charge in [-0.1, -0.05) is 23.4 Å². The second-order valence-electron chi connectivity index (χ2n) is 4.58. The van der Waals surface area contributed by atoms with E-state index in [0.29, 0.717) is 5.56 Å². The van der Waals surface area contributed by atoms with E-state index in [4.69, 9.17) is 11.5 Å². The summed E-state index contributed by atoms with van der Waals surface area (Å²) in [5.41, 5.74) is 11.4. The highest BCUT2D eigenvalue weighted by molar-refractivity contribution is 5.57. The minimum Gasteiger partial charge on any atom is -0.378 e. The van der Waals surface area contributed by atoms with Crippen molar-refractivity contribution >= 4 is 29.0 Å². The Kier molecular flexibility index (Phi) is 4.15. The van der Waals surface area contributed by atoms with Crippen molar-refractivity contribution in [2.75, 3.05) is 16.5 Å². The molecule has 25 heavy (non-hydrogen) atoms. The van der Waals surface area contributed by atoms with E-state index in [2.05, 4.69) is 40.2 Å². The molecule has 0 fully saturated rings. The minimum absolute atomic E-state index is 0.0110. The van der Waals surface area contributed by atoms with Gasteiger partial charge in [0.15, 0.2) is 0 Å². The Hall–Kier alpha value is -4.10. The maximum atomic E-state index is 11.2. The molecule has 1 aromatic carbocycles. The van der Waals surface area contributed by atoms with Crippen molar-refractivity contribution in [3.63, 3.8) is 0 Å². The fraction of sp³-hybridized carbons (Fsp3) is 0.0909. The van der Waals surface area contributed by atoms with E-state index in [1.807, 2.05) is 0 Å². The molecule has 0 spiro atoms. The summed E-state index contributed by atoms with van der Waals surface area (Å²) in [5, 5.41) is 33.8. The van der Waals surface area contributed by atoms with Crippen molar-refractivity contribution in [1.82, 2.24) is 20.6 Å². The van der Waals surface area contributed by atoms with Gasteiger partial charge in [0, 0.05) is 6.07 Å². The number of nitrogen functional groups attached to an aromatic ring is 2. The van der Waals surface area contributed by atoms with Gasteiger partial charge in [0.2, 0.25) is 17.5 Å². The van der Waals surface area contributed by atoms with Crippen LogP contribution in [0.3, 0.4) is 0 Å². The van der Waals surface area contributed by atoms with E-state index in [9.17, 15) is 10.1 Å². The van der Waals surface area contributed by atoms with Crippen LogP contribution in [0.15, 0.2) is 43.9 Å². The Labute approximate surface area is 138 Å². The van der Waals surface area contributed by atoms with Crippen LogP contribution in [0.5, 0.6) is 0 Å². The Morgan fingerprint density at radius 3 is 2.48 bits per heavy atom. The third-order valence-electron chi connectivity index (χ3n) is 2.99. The SMILES string of the molecule is Nc1nonc1N=NN(Cc1ccccc1[N+](=O)[O-])c1nonc1N. The molecule has 0 saturated heterocycles. The minimum atomic E-state index is -0.519. The van der Waals surface area contributed by atoms with Crippen molar-refractivity contribution in [3.05, 3.63) is 39.9 Å². The van der Waals surface area contributed by atoms with Crippen molar-refractivity contribution in [2.45, 2.75) is 6.54 Å². The summed E-state index contributed by atoms with van der Waals surface area (Å²) < 4.78 is 8.93. The number of benzene rings is 1. The molecule has 0 amide bonds. The van der Waals surface area contributed by atoms with E-state index < -0.39 is 4.92 Å². The normalized spacial score (nSPS) is 11.0. The van der Waals surface area contributed by atoms with Crippen LogP contribution in [0, 0.1) is 10.1 Å². The molecule has 0 aliphatic rings. The average Bonchev–Trinajstić information content (AvgIpc) is 3.20. The van der Waals surface area contributed by atoms with E-state index in [0.717, 1.165) is 5.01 Å². The molecule has 0 aliphatic carbocycles. The third kappa shape index (κ3) is 3.31. The zero-order valence-electron chi connectivity index (χ0n) is 12.4. The van der Waals surface area contributed by atoms with E-state index in [1.165, 1.54) is 6.07 Å². The molecule has 2 heterocycles. The highest BCUT2D eigenvalue weighted by Crippen LogP contribution is 2.26. The zero-order chi connectivity index (χ0) is 17.8. The topological polar surface area (TPSA) is 201 Å². The van der Waals surface area contributed by atoms with E-state index in [-0.39, 0.29) is 35.5 Å².